The SMILES string of the molecule is CC(=O)NCC1CCN(c2ncnc(NN)c2Br)CC1. The zero-order valence-corrected chi connectivity index (χ0v) is 13.0. The van der Waals surface area contributed by atoms with Crippen LogP contribution in [0.3, 0.4) is 0 Å². The monoisotopic (exact) mass is 342 g/mol. The maximum atomic E-state index is 10.9. The summed E-state index contributed by atoms with van der Waals surface area (Å²) in [7, 11) is 0. The van der Waals surface area contributed by atoms with Gasteiger partial charge in [0.2, 0.25) is 5.91 Å². The summed E-state index contributed by atoms with van der Waals surface area (Å²) in [6, 6.07) is 0. The molecule has 0 aromatic carbocycles. The van der Waals surface area contributed by atoms with Gasteiger partial charge in [0.05, 0.1) is 0 Å². The third-order valence-corrected chi connectivity index (χ3v) is 4.19. The topological polar surface area (TPSA) is 96.2 Å². The Morgan fingerprint density at radius 1 is 1.50 bits per heavy atom. The molecule has 2 rings (SSSR count). The number of nitrogen functional groups attached to an aromatic ring is 1. The first kappa shape index (κ1) is 15.0. The van der Waals surface area contributed by atoms with E-state index in [1.165, 1.54) is 6.33 Å². The van der Waals surface area contributed by atoms with E-state index in [-0.39, 0.29) is 5.91 Å². The van der Waals surface area contributed by atoms with E-state index in [1.54, 1.807) is 6.92 Å². The molecule has 1 aromatic heterocycles. The van der Waals surface area contributed by atoms with E-state index in [9.17, 15) is 4.79 Å². The molecule has 1 saturated heterocycles. The molecule has 0 radical (unpaired) electrons. The Hall–Kier alpha value is -1.41. The minimum absolute atomic E-state index is 0.0321. The lowest BCUT2D eigenvalue weighted by Crippen LogP contribution is -2.38. The third-order valence-electron chi connectivity index (χ3n) is 3.46. The molecule has 2 heterocycles. The molecule has 8 heteroatoms. The molecule has 0 saturated carbocycles. The van der Waals surface area contributed by atoms with Crippen LogP contribution in [0.2, 0.25) is 0 Å². The summed E-state index contributed by atoms with van der Waals surface area (Å²) in [5, 5.41) is 2.88. The number of carbonyl (C=O) groups excluding carboxylic acids is 1. The van der Waals surface area contributed by atoms with Crippen LogP contribution < -0.4 is 21.5 Å². The van der Waals surface area contributed by atoms with E-state index in [1.807, 2.05) is 0 Å². The molecule has 0 atom stereocenters. The molecular weight excluding hydrogens is 324 g/mol. The average Bonchev–Trinajstić information content (AvgIpc) is 2.46. The lowest BCUT2D eigenvalue weighted by molar-refractivity contribution is -0.119. The molecular formula is C12H19BrN6O. The fraction of sp³-hybridized carbons (Fsp3) is 0.583. The minimum atomic E-state index is 0.0321. The number of anilines is 2. The molecule has 0 bridgehead atoms. The fourth-order valence-corrected chi connectivity index (χ4v) is 2.89. The molecule has 0 unspecified atom stereocenters. The number of hydrogen-bond acceptors (Lipinski definition) is 6. The van der Waals surface area contributed by atoms with Crippen molar-refractivity contribution in [1.29, 1.82) is 0 Å². The molecule has 1 amide bonds. The standard InChI is InChI=1S/C12H19BrN6O/c1-8(20)15-6-9-2-4-19(5-3-9)12-10(13)11(18-14)16-7-17-12/h7,9H,2-6,14H2,1H3,(H,15,20)(H,16,17,18). The van der Waals surface area contributed by atoms with Crippen molar-refractivity contribution in [3.05, 3.63) is 10.8 Å². The first-order valence-corrected chi connectivity index (χ1v) is 7.37. The molecule has 1 aromatic rings. The Labute approximate surface area is 126 Å². The number of amides is 1. The summed E-state index contributed by atoms with van der Waals surface area (Å²) in [5.74, 6) is 7.40. The van der Waals surface area contributed by atoms with E-state index >= 15 is 0 Å². The molecule has 1 fully saturated rings. The van der Waals surface area contributed by atoms with Gasteiger partial charge in [0, 0.05) is 26.6 Å². The number of nitrogens with zero attached hydrogens (tertiary/aromatic N) is 3. The zero-order valence-electron chi connectivity index (χ0n) is 11.4. The Morgan fingerprint density at radius 3 is 2.80 bits per heavy atom. The number of rotatable bonds is 4. The summed E-state index contributed by atoms with van der Waals surface area (Å²) in [6.07, 6.45) is 3.56. The lowest BCUT2D eigenvalue weighted by Gasteiger charge is -2.33. The van der Waals surface area contributed by atoms with Gasteiger partial charge in [-0.1, -0.05) is 0 Å². The van der Waals surface area contributed by atoms with Gasteiger partial charge in [-0.05, 0) is 34.7 Å². The van der Waals surface area contributed by atoms with Gasteiger partial charge in [-0.3, -0.25) is 4.79 Å². The molecule has 20 heavy (non-hydrogen) atoms. The molecule has 1 aliphatic rings. The van der Waals surface area contributed by atoms with Crippen molar-refractivity contribution in [2.75, 3.05) is 30.0 Å². The van der Waals surface area contributed by atoms with Crippen LogP contribution in [-0.4, -0.2) is 35.5 Å². The number of nitrogens with one attached hydrogen (secondary N) is 2. The number of nitrogens with two attached hydrogens (primary N) is 1. The molecule has 7 nitrogen and oxygen atoms in total. The highest BCUT2D eigenvalue weighted by molar-refractivity contribution is 9.10. The van der Waals surface area contributed by atoms with Crippen LogP contribution in [-0.2, 0) is 4.79 Å². The van der Waals surface area contributed by atoms with E-state index in [0.717, 1.165) is 42.8 Å². The minimum Gasteiger partial charge on any atom is -0.356 e. The molecule has 0 spiro atoms. The second-order valence-corrected chi connectivity index (χ2v) is 5.66. The van der Waals surface area contributed by atoms with Gasteiger partial charge in [0.15, 0.2) is 5.82 Å². The summed E-state index contributed by atoms with van der Waals surface area (Å²) in [4.78, 5) is 21.5. The van der Waals surface area contributed by atoms with Gasteiger partial charge in [-0.2, -0.15) is 0 Å². The second-order valence-electron chi connectivity index (χ2n) is 4.87. The van der Waals surface area contributed by atoms with Gasteiger partial charge in [-0.25, -0.2) is 15.8 Å². The first-order valence-electron chi connectivity index (χ1n) is 6.58. The number of hydrazine groups is 1. The smallest absolute Gasteiger partial charge is 0.216 e. The Balaban J connectivity index is 1.95. The Bertz CT molecular complexity index is 475. The number of piperidine rings is 1. The van der Waals surface area contributed by atoms with E-state index in [4.69, 9.17) is 5.84 Å². The highest BCUT2D eigenvalue weighted by atomic mass is 79.9. The van der Waals surface area contributed by atoms with Crippen LogP contribution >= 0.6 is 15.9 Å². The third kappa shape index (κ3) is 3.57. The number of hydrogen-bond donors (Lipinski definition) is 3. The quantitative estimate of drug-likeness (QED) is 0.555. The van der Waals surface area contributed by atoms with Crippen molar-refractivity contribution in [1.82, 2.24) is 15.3 Å². The Morgan fingerprint density at radius 2 is 2.20 bits per heavy atom. The maximum Gasteiger partial charge on any atom is 0.216 e. The van der Waals surface area contributed by atoms with Crippen molar-refractivity contribution < 1.29 is 4.79 Å². The molecule has 0 aliphatic carbocycles. The van der Waals surface area contributed by atoms with Gasteiger partial charge in [-0.15, -0.1) is 0 Å². The summed E-state index contributed by atoms with van der Waals surface area (Å²) >= 11 is 3.48. The highest BCUT2D eigenvalue weighted by Crippen LogP contribution is 2.31. The summed E-state index contributed by atoms with van der Waals surface area (Å²) in [6.45, 7) is 4.12. The largest absolute Gasteiger partial charge is 0.356 e. The van der Waals surface area contributed by atoms with Crippen LogP contribution in [0.25, 0.3) is 0 Å². The number of halogens is 1. The first-order chi connectivity index (χ1) is 9.61. The van der Waals surface area contributed by atoms with Crippen molar-refractivity contribution in [3.63, 3.8) is 0 Å². The second kappa shape index (κ2) is 6.85. The van der Waals surface area contributed by atoms with Crippen LogP contribution in [0.1, 0.15) is 19.8 Å². The maximum absolute atomic E-state index is 10.9. The van der Waals surface area contributed by atoms with Crippen molar-refractivity contribution >= 4 is 33.5 Å². The van der Waals surface area contributed by atoms with Crippen molar-refractivity contribution in [3.8, 4) is 0 Å². The highest BCUT2D eigenvalue weighted by Gasteiger charge is 2.22. The summed E-state index contributed by atoms with van der Waals surface area (Å²) < 4.78 is 0.780. The molecule has 1 aliphatic heterocycles. The van der Waals surface area contributed by atoms with Crippen LogP contribution in [0.4, 0.5) is 11.6 Å². The molecule has 110 valence electrons. The van der Waals surface area contributed by atoms with Crippen LogP contribution in [0, 0.1) is 5.92 Å². The van der Waals surface area contributed by atoms with E-state index in [2.05, 4.69) is 41.5 Å². The van der Waals surface area contributed by atoms with E-state index in [0.29, 0.717) is 11.7 Å². The summed E-state index contributed by atoms with van der Waals surface area (Å²) in [5.41, 5.74) is 2.54. The predicted molar refractivity (Wildman–Crippen MR) is 81.2 cm³/mol. The number of aromatic nitrogens is 2. The lowest BCUT2D eigenvalue weighted by atomic mass is 9.97. The Kier molecular flexibility index (Phi) is 5.13. The van der Waals surface area contributed by atoms with Gasteiger partial charge in [0.25, 0.3) is 0 Å². The van der Waals surface area contributed by atoms with Gasteiger partial charge in [0.1, 0.15) is 16.6 Å². The fourth-order valence-electron chi connectivity index (χ4n) is 2.32. The zero-order chi connectivity index (χ0) is 14.5. The predicted octanol–water partition coefficient (Wildman–Crippen LogP) is 0.877. The van der Waals surface area contributed by atoms with Crippen molar-refractivity contribution in [2.45, 2.75) is 19.8 Å². The molecule has 4 N–H and O–H groups in total. The number of carbonyl (C=O) groups is 1. The average molecular weight is 343 g/mol. The van der Waals surface area contributed by atoms with Crippen LogP contribution in [0.5, 0.6) is 0 Å². The van der Waals surface area contributed by atoms with Gasteiger partial charge < -0.3 is 15.6 Å². The van der Waals surface area contributed by atoms with Gasteiger partial charge >= 0.3 is 0 Å². The van der Waals surface area contributed by atoms with Crippen molar-refractivity contribution in [2.24, 2.45) is 11.8 Å². The van der Waals surface area contributed by atoms with Crippen LogP contribution in [0.15, 0.2) is 10.8 Å². The van der Waals surface area contributed by atoms with E-state index < -0.39 is 0 Å². The normalized spacial score (nSPS) is 16.1.